The van der Waals surface area contributed by atoms with Crippen LogP contribution in [-0.2, 0) is 10.0 Å². The third kappa shape index (κ3) is 1.29. The van der Waals surface area contributed by atoms with Crippen LogP contribution in [0, 0.1) is 6.92 Å². The van der Waals surface area contributed by atoms with Crippen LogP contribution in [0.1, 0.15) is 5.56 Å². The molecule has 1 aromatic heterocycles. The largest absolute Gasteiger partial charge is 0.251 e. The fourth-order valence-corrected chi connectivity index (χ4v) is 2.17. The van der Waals surface area contributed by atoms with Crippen LogP contribution < -0.4 is 0 Å². The van der Waals surface area contributed by atoms with Gasteiger partial charge in [0.2, 0.25) is 0 Å². The number of aromatic nitrogens is 2. The lowest BCUT2D eigenvalue weighted by atomic mass is 10.2. The van der Waals surface area contributed by atoms with E-state index in [0.29, 0.717) is 5.52 Å². The Labute approximate surface area is 82.2 Å². The van der Waals surface area contributed by atoms with Gasteiger partial charge in [0.1, 0.15) is 0 Å². The molecule has 0 radical (unpaired) electrons. The Morgan fingerprint density at radius 3 is 2.71 bits per heavy atom. The first-order valence-electron chi connectivity index (χ1n) is 4.14. The molecule has 0 saturated carbocycles. The summed E-state index contributed by atoms with van der Waals surface area (Å²) < 4.78 is 23.7. The standard InChI is InChI=1S/C9H10N2O2S/c1-7-4-3-5-9-8(7)6-10-11(9)14(2,12)13/h3-6H,1-2H3. The van der Waals surface area contributed by atoms with Gasteiger partial charge >= 0.3 is 0 Å². The molecule has 74 valence electrons. The predicted octanol–water partition coefficient (Wildman–Crippen LogP) is 1.15. The van der Waals surface area contributed by atoms with Crippen LogP contribution in [0.2, 0.25) is 0 Å². The van der Waals surface area contributed by atoms with Gasteiger partial charge in [0.05, 0.1) is 18.0 Å². The molecule has 0 spiro atoms. The minimum atomic E-state index is -3.30. The van der Waals surface area contributed by atoms with Crippen molar-refractivity contribution in [1.29, 1.82) is 0 Å². The Kier molecular flexibility index (Phi) is 1.85. The highest BCUT2D eigenvalue weighted by Crippen LogP contribution is 2.18. The van der Waals surface area contributed by atoms with E-state index in [4.69, 9.17) is 0 Å². The molecule has 0 bridgehead atoms. The van der Waals surface area contributed by atoms with E-state index in [0.717, 1.165) is 21.3 Å². The molecule has 0 aliphatic heterocycles. The lowest BCUT2D eigenvalue weighted by Crippen LogP contribution is -2.11. The first kappa shape index (κ1) is 9.21. The minimum Gasteiger partial charge on any atom is -0.205 e. The maximum atomic E-state index is 11.3. The molecule has 2 aromatic rings. The second-order valence-electron chi connectivity index (χ2n) is 3.26. The molecule has 14 heavy (non-hydrogen) atoms. The Morgan fingerprint density at radius 2 is 2.07 bits per heavy atom. The van der Waals surface area contributed by atoms with Crippen molar-refractivity contribution in [2.45, 2.75) is 6.92 Å². The van der Waals surface area contributed by atoms with Crippen molar-refractivity contribution in [3.05, 3.63) is 30.0 Å². The van der Waals surface area contributed by atoms with Gasteiger partial charge < -0.3 is 0 Å². The Morgan fingerprint density at radius 1 is 1.36 bits per heavy atom. The Balaban J connectivity index is 2.90. The second-order valence-corrected chi connectivity index (χ2v) is 5.07. The van der Waals surface area contributed by atoms with Crippen LogP contribution in [0.3, 0.4) is 0 Å². The predicted molar refractivity (Wildman–Crippen MR) is 54.7 cm³/mol. The van der Waals surface area contributed by atoms with Gasteiger partial charge in [-0.1, -0.05) is 12.1 Å². The van der Waals surface area contributed by atoms with Gasteiger partial charge in [-0.3, -0.25) is 0 Å². The first-order valence-corrected chi connectivity index (χ1v) is 5.99. The number of nitrogens with zero attached hydrogens (tertiary/aromatic N) is 2. The molecular weight excluding hydrogens is 200 g/mol. The fraction of sp³-hybridized carbons (Fsp3) is 0.222. The van der Waals surface area contributed by atoms with Gasteiger partial charge in [-0.05, 0) is 18.6 Å². The smallest absolute Gasteiger partial charge is 0.205 e. The van der Waals surface area contributed by atoms with E-state index in [9.17, 15) is 8.42 Å². The lowest BCUT2D eigenvalue weighted by molar-refractivity contribution is 0.588. The van der Waals surface area contributed by atoms with Gasteiger partial charge in [0.25, 0.3) is 10.0 Å². The van der Waals surface area contributed by atoms with Crippen molar-refractivity contribution in [3.8, 4) is 0 Å². The number of hydrogen-bond donors (Lipinski definition) is 0. The molecule has 2 rings (SSSR count). The SMILES string of the molecule is Cc1cccc2c1cnn2S(C)(=O)=O. The van der Waals surface area contributed by atoms with Gasteiger partial charge in [-0.2, -0.15) is 9.19 Å². The van der Waals surface area contributed by atoms with Crippen molar-refractivity contribution < 1.29 is 8.42 Å². The van der Waals surface area contributed by atoms with Gasteiger partial charge in [-0.15, -0.1) is 0 Å². The van der Waals surface area contributed by atoms with E-state index in [-0.39, 0.29) is 0 Å². The number of benzene rings is 1. The molecule has 0 unspecified atom stereocenters. The van der Waals surface area contributed by atoms with Crippen LogP contribution >= 0.6 is 0 Å². The molecular formula is C9H10N2O2S. The average Bonchev–Trinajstić information content (AvgIpc) is 2.47. The average molecular weight is 210 g/mol. The van der Waals surface area contributed by atoms with Crippen LogP contribution in [0.15, 0.2) is 24.4 Å². The summed E-state index contributed by atoms with van der Waals surface area (Å²) in [5.74, 6) is 0. The highest BCUT2D eigenvalue weighted by atomic mass is 32.2. The first-order chi connectivity index (χ1) is 6.50. The van der Waals surface area contributed by atoms with Crippen molar-refractivity contribution in [1.82, 2.24) is 9.19 Å². The molecule has 0 fully saturated rings. The molecule has 1 aromatic carbocycles. The van der Waals surface area contributed by atoms with Crippen molar-refractivity contribution >= 4 is 20.9 Å². The zero-order chi connectivity index (χ0) is 10.3. The summed E-state index contributed by atoms with van der Waals surface area (Å²) >= 11 is 0. The molecule has 5 heteroatoms. The van der Waals surface area contributed by atoms with E-state index in [2.05, 4.69) is 5.10 Å². The Bertz CT molecular complexity index is 584. The summed E-state index contributed by atoms with van der Waals surface area (Å²) in [4.78, 5) is 0. The van der Waals surface area contributed by atoms with Crippen LogP contribution in [0.4, 0.5) is 0 Å². The topological polar surface area (TPSA) is 52.0 Å². The highest BCUT2D eigenvalue weighted by molar-refractivity contribution is 7.89. The highest BCUT2D eigenvalue weighted by Gasteiger charge is 2.11. The van der Waals surface area contributed by atoms with E-state index >= 15 is 0 Å². The number of hydrogen-bond acceptors (Lipinski definition) is 3. The van der Waals surface area contributed by atoms with E-state index < -0.39 is 10.0 Å². The van der Waals surface area contributed by atoms with E-state index in [1.807, 2.05) is 19.1 Å². The van der Waals surface area contributed by atoms with Gasteiger partial charge in [0, 0.05) is 5.39 Å². The molecule has 0 aliphatic carbocycles. The normalized spacial score (nSPS) is 12.1. The summed E-state index contributed by atoms with van der Waals surface area (Å²) in [6.45, 7) is 1.93. The quantitative estimate of drug-likeness (QED) is 0.709. The third-order valence-electron chi connectivity index (χ3n) is 2.11. The van der Waals surface area contributed by atoms with Crippen molar-refractivity contribution in [2.24, 2.45) is 0 Å². The minimum absolute atomic E-state index is 0.632. The summed E-state index contributed by atoms with van der Waals surface area (Å²) in [5.41, 5.74) is 1.66. The molecule has 0 saturated heterocycles. The van der Waals surface area contributed by atoms with Crippen molar-refractivity contribution in [3.63, 3.8) is 0 Å². The van der Waals surface area contributed by atoms with Crippen LogP contribution in [-0.4, -0.2) is 23.9 Å². The molecule has 0 atom stereocenters. The maximum absolute atomic E-state index is 11.3. The van der Waals surface area contributed by atoms with Crippen LogP contribution in [0.5, 0.6) is 0 Å². The number of fused-ring (bicyclic) bond motifs is 1. The molecule has 0 aliphatic rings. The molecule has 1 heterocycles. The maximum Gasteiger partial charge on any atom is 0.251 e. The zero-order valence-electron chi connectivity index (χ0n) is 7.93. The summed E-state index contributed by atoms with van der Waals surface area (Å²) in [7, 11) is -3.30. The second kappa shape index (κ2) is 2.81. The molecule has 0 N–H and O–H groups in total. The van der Waals surface area contributed by atoms with E-state index in [1.165, 1.54) is 0 Å². The summed E-state index contributed by atoms with van der Waals surface area (Å²) in [6, 6.07) is 5.49. The third-order valence-corrected chi connectivity index (χ3v) is 3.03. The summed E-state index contributed by atoms with van der Waals surface area (Å²) in [5, 5.41) is 4.73. The molecule has 0 amide bonds. The number of aryl methyl sites for hydroxylation is 1. The fourth-order valence-electron chi connectivity index (χ4n) is 1.44. The van der Waals surface area contributed by atoms with Gasteiger partial charge in [0.15, 0.2) is 0 Å². The van der Waals surface area contributed by atoms with Crippen LogP contribution in [0.25, 0.3) is 10.9 Å². The zero-order valence-corrected chi connectivity index (χ0v) is 8.75. The molecule has 4 nitrogen and oxygen atoms in total. The Hall–Kier alpha value is -1.36. The van der Waals surface area contributed by atoms with Crippen molar-refractivity contribution in [2.75, 3.05) is 6.26 Å². The summed E-state index contributed by atoms with van der Waals surface area (Å²) in [6.07, 6.45) is 2.72. The lowest BCUT2D eigenvalue weighted by Gasteiger charge is -1.99. The van der Waals surface area contributed by atoms with Gasteiger partial charge in [-0.25, -0.2) is 8.42 Å². The number of rotatable bonds is 1. The monoisotopic (exact) mass is 210 g/mol. The van der Waals surface area contributed by atoms with E-state index in [1.54, 1.807) is 12.3 Å².